The van der Waals surface area contributed by atoms with Crippen LogP contribution in [0.1, 0.15) is 34.7 Å². The van der Waals surface area contributed by atoms with E-state index < -0.39 is 6.10 Å². The molecule has 0 aliphatic carbocycles. The maximum atomic E-state index is 12.4. The van der Waals surface area contributed by atoms with Crippen LogP contribution >= 0.6 is 0 Å². The summed E-state index contributed by atoms with van der Waals surface area (Å²) in [5, 5.41) is 2.96. The summed E-state index contributed by atoms with van der Waals surface area (Å²) in [6.45, 7) is 11.9. The number of anilines is 1. The topological polar surface area (TPSA) is 38.3 Å². The number of carbonyl (C=O) groups is 1. The molecule has 2 rings (SSSR count). The van der Waals surface area contributed by atoms with Gasteiger partial charge in [0.25, 0.3) is 5.91 Å². The lowest BCUT2D eigenvalue weighted by molar-refractivity contribution is -0.122. The van der Waals surface area contributed by atoms with Crippen LogP contribution in [-0.4, -0.2) is 12.0 Å². The standard InChI is InChI=1S/C20H25NO2/c1-12-10-14(3)16(5)19(11-12)23-17(6)20(22)21-18-9-7-8-13(2)15(18)4/h7-11,17H,1-6H3,(H,21,22). The van der Waals surface area contributed by atoms with Crippen molar-refractivity contribution in [1.29, 1.82) is 0 Å². The molecule has 0 bridgehead atoms. The first-order valence-corrected chi connectivity index (χ1v) is 7.91. The van der Waals surface area contributed by atoms with Crippen LogP contribution in [0.3, 0.4) is 0 Å². The third-order valence-corrected chi connectivity index (χ3v) is 4.30. The van der Waals surface area contributed by atoms with Crippen molar-refractivity contribution < 1.29 is 9.53 Å². The highest BCUT2D eigenvalue weighted by molar-refractivity contribution is 5.94. The molecule has 0 saturated carbocycles. The molecule has 0 heterocycles. The van der Waals surface area contributed by atoms with Crippen LogP contribution in [-0.2, 0) is 4.79 Å². The zero-order chi connectivity index (χ0) is 17.1. The Bertz CT molecular complexity index is 735. The average molecular weight is 311 g/mol. The molecule has 0 aliphatic heterocycles. The number of nitrogens with one attached hydrogen (secondary N) is 1. The first-order chi connectivity index (χ1) is 10.8. The van der Waals surface area contributed by atoms with E-state index in [0.717, 1.165) is 33.7 Å². The summed E-state index contributed by atoms with van der Waals surface area (Å²) in [6, 6.07) is 9.98. The molecule has 0 fully saturated rings. The molecule has 23 heavy (non-hydrogen) atoms. The van der Waals surface area contributed by atoms with Crippen molar-refractivity contribution in [2.75, 3.05) is 5.32 Å². The summed E-state index contributed by atoms with van der Waals surface area (Å²) in [5.41, 5.74) is 6.44. The number of carbonyl (C=O) groups excluding carboxylic acids is 1. The molecule has 1 atom stereocenters. The fraction of sp³-hybridized carbons (Fsp3) is 0.350. The van der Waals surface area contributed by atoms with E-state index in [1.165, 1.54) is 5.56 Å². The van der Waals surface area contributed by atoms with Gasteiger partial charge in [0.15, 0.2) is 6.10 Å². The average Bonchev–Trinajstić information content (AvgIpc) is 2.48. The largest absolute Gasteiger partial charge is 0.481 e. The molecule has 122 valence electrons. The molecule has 0 radical (unpaired) electrons. The fourth-order valence-electron chi connectivity index (χ4n) is 2.49. The minimum Gasteiger partial charge on any atom is -0.481 e. The van der Waals surface area contributed by atoms with E-state index in [9.17, 15) is 4.79 Å². The lowest BCUT2D eigenvalue weighted by atomic mass is 10.1. The van der Waals surface area contributed by atoms with Gasteiger partial charge in [0.2, 0.25) is 0 Å². The van der Waals surface area contributed by atoms with E-state index in [1.807, 2.05) is 52.0 Å². The summed E-state index contributed by atoms with van der Waals surface area (Å²) in [7, 11) is 0. The van der Waals surface area contributed by atoms with Crippen LogP contribution in [0.4, 0.5) is 5.69 Å². The zero-order valence-corrected chi connectivity index (χ0v) is 14.8. The Morgan fingerprint density at radius 3 is 2.39 bits per heavy atom. The van der Waals surface area contributed by atoms with Crippen molar-refractivity contribution in [3.63, 3.8) is 0 Å². The number of aryl methyl sites for hydroxylation is 3. The van der Waals surface area contributed by atoms with E-state index in [1.54, 1.807) is 6.92 Å². The summed E-state index contributed by atoms with van der Waals surface area (Å²) in [5.74, 6) is 0.628. The maximum Gasteiger partial charge on any atom is 0.265 e. The molecule has 1 unspecified atom stereocenters. The zero-order valence-electron chi connectivity index (χ0n) is 14.8. The SMILES string of the molecule is Cc1cc(C)c(C)c(OC(C)C(=O)Nc2cccc(C)c2C)c1. The molecule has 1 N–H and O–H groups in total. The summed E-state index contributed by atoms with van der Waals surface area (Å²) in [4.78, 5) is 12.4. The molecular formula is C20H25NO2. The Hall–Kier alpha value is -2.29. The Balaban J connectivity index is 2.13. The van der Waals surface area contributed by atoms with Gasteiger partial charge in [-0.2, -0.15) is 0 Å². The van der Waals surface area contributed by atoms with Crippen LogP contribution in [0.25, 0.3) is 0 Å². The van der Waals surface area contributed by atoms with E-state index >= 15 is 0 Å². The van der Waals surface area contributed by atoms with Crippen molar-refractivity contribution in [3.05, 3.63) is 58.1 Å². The molecule has 3 heteroatoms. The van der Waals surface area contributed by atoms with Crippen molar-refractivity contribution in [2.45, 2.75) is 47.6 Å². The first kappa shape index (κ1) is 17.1. The first-order valence-electron chi connectivity index (χ1n) is 7.91. The van der Waals surface area contributed by atoms with Crippen molar-refractivity contribution >= 4 is 11.6 Å². The highest BCUT2D eigenvalue weighted by atomic mass is 16.5. The third kappa shape index (κ3) is 3.92. The predicted octanol–water partition coefficient (Wildman–Crippen LogP) is 4.63. The molecule has 0 aromatic heterocycles. The molecule has 1 amide bonds. The molecular weight excluding hydrogens is 286 g/mol. The van der Waals surface area contributed by atoms with Crippen LogP contribution in [0.5, 0.6) is 5.75 Å². The summed E-state index contributed by atoms with van der Waals surface area (Å²) < 4.78 is 5.90. The Morgan fingerprint density at radius 2 is 1.70 bits per heavy atom. The van der Waals surface area contributed by atoms with E-state index in [0.29, 0.717) is 0 Å². The number of benzene rings is 2. The highest BCUT2D eigenvalue weighted by Gasteiger charge is 2.17. The third-order valence-electron chi connectivity index (χ3n) is 4.30. The fourth-order valence-corrected chi connectivity index (χ4v) is 2.49. The molecule has 0 saturated heterocycles. The van der Waals surface area contributed by atoms with Gasteiger partial charge in [-0.05, 0) is 81.5 Å². The second-order valence-electron chi connectivity index (χ2n) is 6.20. The van der Waals surface area contributed by atoms with Gasteiger partial charge in [-0.1, -0.05) is 18.2 Å². The van der Waals surface area contributed by atoms with Crippen LogP contribution in [0, 0.1) is 34.6 Å². The van der Waals surface area contributed by atoms with E-state index in [4.69, 9.17) is 4.74 Å². The van der Waals surface area contributed by atoms with Gasteiger partial charge >= 0.3 is 0 Å². The van der Waals surface area contributed by atoms with E-state index in [-0.39, 0.29) is 5.91 Å². The molecule has 0 aliphatic rings. The Labute approximate surface area is 138 Å². The number of hydrogen-bond donors (Lipinski definition) is 1. The van der Waals surface area contributed by atoms with Gasteiger partial charge in [0.1, 0.15) is 5.75 Å². The van der Waals surface area contributed by atoms with Crippen molar-refractivity contribution in [1.82, 2.24) is 0 Å². The van der Waals surface area contributed by atoms with Gasteiger partial charge in [-0.25, -0.2) is 0 Å². The number of rotatable bonds is 4. The normalized spacial score (nSPS) is 11.9. The van der Waals surface area contributed by atoms with Crippen molar-refractivity contribution in [2.24, 2.45) is 0 Å². The van der Waals surface area contributed by atoms with Gasteiger partial charge in [-0.15, -0.1) is 0 Å². The van der Waals surface area contributed by atoms with Gasteiger partial charge in [0, 0.05) is 5.69 Å². The minimum atomic E-state index is -0.560. The van der Waals surface area contributed by atoms with Crippen molar-refractivity contribution in [3.8, 4) is 5.75 Å². The van der Waals surface area contributed by atoms with Gasteiger partial charge in [0.05, 0.1) is 0 Å². The highest BCUT2D eigenvalue weighted by Crippen LogP contribution is 2.25. The molecule has 2 aromatic rings. The Kier molecular flexibility index (Phi) is 5.09. The quantitative estimate of drug-likeness (QED) is 0.893. The van der Waals surface area contributed by atoms with Crippen LogP contribution < -0.4 is 10.1 Å². The predicted molar refractivity (Wildman–Crippen MR) is 95.3 cm³/mol. The molecule has 3 nitrogen and oxygen atoms in total. The summed E-state index contributed by atoms with van der Waals surface area (Å²) in [6.07, 6.45) is -0.560. The van der Waals surface area contributed by atoms with Gasteiger partial charge in [-0.3, -0.25) is 4.79 Å². The smallest absolute Gasteiger partial charge is 0.265 e. The number of ether oxygens (including phenoxy) is 1. The number of amides is 1. The van der Waals surface area contributed by atoms with Crippen LogP contribution in [0.15, 0.2) is 30.3 Å². The minimum absolute atomic E-state index is 0.141. The Morgan fingerprint density at radius 1 is 1.00 bits per heavy atom. The molecule has 2 aromatic carbocycles. The second-order valence-corrected chi connectivity index (χ2v) is 6.20. The van der Waals surface area contributed by atoms with Gasteiger partial charge < -0.3 is 10.1 Å². The monoisotopic (exact) mass is 311 g/mol. The lowest BCUT2D eigenvalue weighted by Crippen LogP contribution is -2.30. The lowest BCUT2D eigenvalue weighted by Gasteiger charge is -2.19. The molecule has 0 spiro atoms. The van der Waals surface area contributed by atoms with Crippen LogP contribution in [0.2, 0.25) is 0 Å². The second kappa shape index (κ2) is 6.86. The maximum absolute atomic E-state index is 12.4. The van der Waals surface area contributed by atoms with E-state index in [2.05, 4.69) is 18.3 Å². The summed E-state index contributed by atoms with van der Waals surface area (Å²) >= 11 is 0. The number of hydrogen-bond acceptors (Lipinski definition) is 2.